The highest BCUT2D eigenvalue weighted by molar-refractivity contribution is 4.96. The summed E-state index contributed by atoms with van der Waals surface area (Å²) in [6, 6.07) is 4.61. The van der Waals surface area contributed by atoms with Crippen molar-refractivity contribution in [2.75, 3.05) is 0 Å². The SMILES string of the molecule is N#CCCC1(CCC#N)CCC2(CCCCC2)CC1. The van der Waals surface area contributed by atoms with E-state index in [4.69, 9.17) is 10.5 Å². The minimum absolute atomic E-state index is 0.314. The summed E-state index contributed by atoms with van der Waals surface area (Å²) >= 11 is 0. The van der Waals surface area contributed by atoms with Gasteiger partial charge in [-0.05, 0) is 62.2 Å². The van der Waals surface area contributed by atoms with E-state index in [-0.39, 0.29) is 0 Å². The zero-order valence-electron chi connectivity index (χ0n) is 12.1. The van der Waals surface area contributed by atoms with E-state index in [1.54, 1.807) is 0 Å². The van der Waals surface area contributed by atoms with E-state index in [9.17, 15) is 0 Å². The van der Waals surface area contributed by atoms with Crippen molar-refractivity contribution in [3.05, 3.63) is 0 Å². The molecule has 2 heteroatoms. The molecule has 0 N–H and O–H groups in total. The summed E-state index contributed by atoms with van der Waals surface area (Å²) in [6.07, 6.45) is 15.7. The van der Waals surface area contributed by atoms with E-state index in [1.807, 2.05) is 0 Å². The van der Waals surface area contributed by atoms with Gasteiger partial charge in [0.2, 0.25) is 0 Å². The van der Waals surface area contributed by atoms with Crippen LogP contribution in [0.15, 0.2) is 0 Å². The Hall–Kier alpha value is -1.02. The Bertz CT molecular complexity index is 336. The number of nitrogens with zero attached hydrogens (tertiary/aromatic N) is 2. The quantitative estimate of drug-likeness (QED) is 0.704. The lowest BCUT2D eigenvalue weighted by Crippen LogP contribution is -2.35. The van der Waals surface area contributed by atoms with Crippen LogP contribution in [-0.2, 0) is 0 Å². The second-order valence-electron chi connectivity index (χ2n) is 6.88. The van der Waals surface area contributed by atoms with Gasteiger partial charge >= 0.3 is 0 Å². The van der Waals surface area contributed by atoms with Crippen LogP contribution in [0.2, 0.25) is 0 Å². The summed E-state index contributed by atoms with van der Waals surface area (Å²) in [6.45, 7) is 0. The molecule has 0 aliphatic heterocycles. The van der Waals surface area contributed by atoms with Crippen molar-refractivity contribution in [2.45, 2.75) is 83.5 Å². The predicted octanol–water partition coefficient (Wildman–Crippen LogP) is 5.10. The maximum absolute atomic E-state index is 8.86. The number of nitriles is 2. The molecular weight excluding hydrogens is 232 g/mol. The summed E-state index contributed by atoms with van der Waals surface area (Å²) in [5.41, 5.74) is 0.954. The molecule has 104 valence electrons. The molecule has 2 aliphatic rings. The largest absolute Gasteiger partial charge is 0.198 e. The smallest absolute Gasteiger partial charge is 0.0621 e. The van der Waals surface area contributed by atoms with Crippen LogP contribution >= 0.6 is 0 Å². The first-order valence-electron chi connectivity index (χ1n) is 7.98. The number of hydrogen-bond acceptors (Lipinski definition) is 2. The summed E-state index contributed by atoms with van der Waals surface area (Å²) in [7, 11) is 0. The summed E-state index contributed by atoms with van der Waals surface area (Å²) in [5, 5.41) is 17.7. The molecule has 0 aromatic rings. The lowest BCUT2D eigenvalue weighted by molar-refractivity contribution is 0.0366. The van der Waals surface area contributed by atoms with E-state index < -0.39 is 0 Å². The third kappa shape index (κ3) is 3.50. The summed E-state index contributed by atoms with van der Waals surface area (Å²) < 4.78 is 0. The van der Waals surface area contributed by atoms with Crippen molar-refractivity contribution in [1.29, 1.82) is 10.5 Å². The highest BCUT2D eigenvalue weighted by Gasteiger charge is 2.42. The maximum atomic E-state index is 8.86. The van der Waals surface area contributed by atoms with Crippen LogP contribution in [0.5, 0.6) is 0 Å². The Morgan fingerprint density at radius 3 is 1.68 bits per heavy atom. The number of rotatable bonds is 4. The molecule has 19 heavy (non-hydrogen) atoms. The lowest BCUT2D eigenvalue weighted by Gasteiger charge is -2.48. The average Bonchev–Trinajstić information content (AvgIpc) is 2.47. The molecule has 2 nitrogen and oxygen atoms in total. The molecule has 0 saturated heterocycles. The molecule has 0 amide bonds. The zero-order chi connectivity index (χ0) is 13.6. The fraction of sp³-hybridized carbons (Fsp3) is 0.882. The van der Waals surface area contributed by atoms with E-state index in [0.717, 1.165) is 12.8 Å². The topological polar surface area (TPSA) is 47.6 Å². The Morgan fingerprint density at radius 2 is 1.21 bits per heavy atom. The Balaban J connectivity index is 1.96. The van der Waals surface area contributed by atoms with Gasteiger partial charge in [0.15, 0.2) is 0 Å². The number of hydrogen-bond donors (Lipinski definition) is 0. The van der Waals surface area contributed by atoms with Gasteiger partial charge < -0.3 is 0 Å². The van der Waals surface area contributed by atoms with Crippen molar-refractivity contribution in [2.24, 2.45) is 10.8 Å². The van der Waals surface area contributed by atoms with E-state index in [0.29, 0.717) is 23.7 Å². The normalized spacial score (nSPS) is 24.5. The van der Waals surface area contributed by atoms with Gasteiger partial charge in [-0.15, -0.1) is 0 Å². The molecule has 0 radical (unpaired) electrons. The van der Waals surface area contributed by atoms with Crippen molar-refractivity contribution in [3.8, 4) is 12.1 Å². The van der Waals surface area contributed by atoms with Gasteiger partial charge in [0.1, 0.15) is 0 Å². The molecule has 0 bridgehead atoms. The molecule has 2 fully saturated rings. The second kappa shape index (κ2) is 6.42. The van der Waals surface area contributed by atoms with Crippen LogP contribution in [0.1, 0.15) is 83.5 Å². The van der Waals surface area contributed by atoms with Gasteiger partial charge in [-0.3, -0.25) is 0 Å². The van der Waals surface area contributed by atoms with Crippen LogP contribution in [0.3, 0.4) is 0 Å². The van der Waals surface area contributed by atoms with E-state index in [1.165, 1.54) is 57.8 Å². The van der Waals surface area contributed by atoms with Gasteiger partial charge in [0, 0.05) is 12.8 Å². The van der Waals surface area contributed by atoms with Crippen molar-refractivity contribution in [1.82, 2.24) is 0 Å². The first-order valence-corrected chi connectivity index (χ1v) is 7.98. The van der Waals surface area contributed by atoms with Crippen LogP contribution in [0, 0.1) is 33.5 Å². The second-order valence-corrected chi connectivity index (χ2v) is 6.88. The summed E-state index contributed by atoms with van der Waals surface area (Å²) in [5.74, 6) is 0. The maximum Gasteiger partial charge on any atom is 0.0621 e. The van der Waals surface area contributed by atoms with Gasteiger partial charge in [-0.25, -0.2) is 0 Å². The molecule has 0 unspecified atom stereocenters. The van der Waals surface area contributed by atoms with Crippen LogP contribution in [-0.4, -0.2) is 0 Å². The standard InChI is InChI=1S/C17H26N2/c18-14-4-8-17(9-5-15-19)12-10-16(11-13-17)6-2-1-3-7-16/h1-13H2. The lowest BCUT2D eigenvalue weighted by atomic mass is 9.57. The van der Waals surface area contributed by atoms with E-state index >= 15 is 0 Å². The summed E-state index contributed by atoms with van der Waals surface area (Å²) in [4.78, 5) is 0. The molecule has 2 saturated carbocycles. The predicted molar refractivity (Wildman–Crippen MR) is 76.1 cm³/mol. The van der Waals surface area contributed by atoms with Crippen LogP contribution in [0.4, 0.5) is 0 Å². The molecule has 2 aliphatic carbocycles. The fourth-order valence-electron chi connectivity index (χ4n) is 4.38. The molecule has 2 rings (SSSR count). The molecule has 0 heterocycles. The van der Waals surface area contributed by atoms with Gasteiger partial charge in [0.25, 0.3) is 0 Å². The van der Waals surface area contributed by atoms with Crippen LogP contribution < -0.4 is 0 Å². The van der Waals surface area contributed by atoms with Crippen molar-refractivity contribution in [3.63, 3.8) is 0 Å². The third-order valence-corrected chi connectivity index (χ3v) is 5.82. The first kappa shape index (κ1) is 14.4. The Morgan fingerprint density at radius 1 is 0.684 bits per heavy atom. The van der Waals surface area contributed by atoms with Gasteiger partial charge in [-0.2, -0.15) is 10.5 Å². The molecule has 0 aromatic carbocycles. The zero-order valence-corrected chi connectivity index (χ0v) is 12.1. The van der Waals surface area contributed by atoms with Crippen molar-refractivity contribution >= 4 is 0 Å². The molecule has 1 spiro atoms. The highest BCUT2D eigenvalue weighted by Crippen LogP contribution is 2.55. The van der Waals surface area contributed by atoms with Gasteiger partial charge in [0.05, 0.1) is 12.1 Å². The first-order chi connectivity index (χ1) is 9.24. The van der Waals surface area contributed by atoms with Crippen LogP contribution in [0.25, 0.3) is 0 Å². The minimum Gasteiger partial charge on any atom is -0.198 e. The average molecular weight is 258 g/mol. The Labute approximate surface area is 117 Å². The molecular formula is C17H26N2. The highest BCUT2D eigenvalue weighted by atomic mass is 14.5. The molecule has 0 aromatic heterocycles. The van der Waals surface area contributed by atoms with Crippen molar-refractivity contribution < 1.29 is 0 Å². The fourth-order valence-corrected chi connectivity index (χ4v) is 4.38. The third-order valence-electron chi connectivity index (χ3n) is 5.82. The molecule has 0 atom stereocenters. The monoisotopic (exact) mass is 258 g/mol. The minimum atomic E-state index is 0.314. The van der Waals surface area contributed by atoms with E-state index in [2.05, 4.69) is 12.1 Å². The van der Waals surface area contributed by atoms with Gasteiger partial charge in [-0.1, -0.05) is 19.3 Å². The Kier molecular flexibility index (Phi) is 4.87.